The fraction of sp³-hybridized carbons (Fsp3) is 0.476. The Balaban J connectivity index is 1.59. The molecule has 1 aromatic heterocycles. The van der Waals surface area contributed by atoms with Crippen LogP contribution < -0.4 is 10.6 Å². The van der Waals surface area contributed by atoms with Crippen molar-refractivity contribution in [2.75, 3.05) is 32.7 Å². The van der Waals surface area contributed by atoms with Gasteiger partial charge in [0.15, 0.2) is 5.96 Å². The van der Waals surface area contributed by atoms with Crippen molar-refractivity contribution in [3.8, 4) is 0 Å². The first-order chi connectivity index (χ1) is 13.3. The maximum absolute atomic E-state index is 13.3. The average Bonchev–Trinajstić information content (AvgIpc) is 3.36. The molecule has 27 heavy (non-hydrogen) atoms. The van der Waals surface area contributed by atoms with Gasteiger partial charge in [-0.15, -0.1) is 0 Å². The van der Waals surface area contributed by atoms with Crippen molar-refractivity contribution in [2.24, 2.45) is 4.99 Å². The summed E-state index contributed by atoms with van der Waals surface area (Å²) in [4.78, 5) is 7.22. The van der Waals surface area contributed by atoms with Gasteiger partial charge < -0.3 is 15.1 Å². The lowest BCUT2D eigenvalue weighted by molar-refractivity contribution is 0.221. The second-order valence-electron chi connectivity index (χ2n) is 6.80. The van der Waals surface area contributed by atoms with Crippen LogP contribution in [0.4, 0.5) is 4.39 Å². The van der Waals surface area contributed by atoms with Crippen LogP contribution in [-0.4, -0.2) is 43.6 Å². The first-order valence-corrected chi connectivity index (χ1v) is 9.80. The van der Waals surface area contributed by atoms with E-state index in [9.17, 15) is 4.39 Å². The van der Waals surface area contributed by atoms with Gasteiger partial charge in [-0.3, -0.25) is 9.89 Å². The van der Waals surface area contributed by atoms with Gasteiger partial charge in [0.2, 0.25) is 0 Å². The van der Waals surface area contributed by atoms with E-state index in [1.54, 1.807) is 18.4 Å². The standard InChI is InChI=1S/C21H29FN4O/c1-2-23-21(24-11-10-17-7-5-8-18(22)15-17)25-16-19(20-9-6-14-27-20)26-12-3-4-13-26/h5-9,14-15,19H,2-4,10-13,16H2,1H3,(H2,23,24,25). The highest BCUT2D eigenvalue weighted by Gasteiger charge is 2.25. The molecular formula is C21H29FN4O. The van der Waals surface area contributed by atoms with E-state index in [0.717, 1.165) is 43.3 Å². The van der Waals surface area contributed by atoms with Crippen LogP contribution in [0.25, 0.3) is 0 Å². The zero-order chi connectivity index (χ0) is 18.9. The lowest BCUT2D eigenvalue weighted by Gasteiger charge is -2.24. The fourth-order valence-electron chi connectivity index (χ4n) is 3.46. The van der Waals surface area contributed by atoms with Crippen LogP contribution in [-0.2, 0) is 6.42 Å². The Morgan fingerprint density at radius 1 is 1.22 bits per heavy atom. The summed E-state index contributed by atoms with van der Waals surface area (Å²) in [6.45, 7) is 6.36. The molecule has 5 nitrogen and oxygen atoms in total. The van der Waals surface area contributed by atoms with E-state index in [1.807, 2.05) is 25.1 Å². The number of furan rings is 1. The smallest absolute Gasteiger partial charge is 0.191 e. The van der Waals surface area contributed by atoms with Gasteiger partial charge in [0.25, 0.3) is 0 Å². The first kappa shape index (κ1) is 19.4. The molecule has 146 valence electrons. The quantitative estimate of drug-likeness (QED) is 0.551. The molecule has 2 N–H and O–H groups in total. The third kappa shape index (κ3) is 5.82. The number of likely N-dealkylation sites (tertiary alicyclic amines) is 1. The van der Waals surface area contributed by atoms with Gasteiger partial charge in [0.05, 0.1) is 18.8 Å². The molecule has 0 saturated carbocycles. The summed E-state index contributed by atoms with van der Waals surface area (Å²) in [7, 11) is 0. The Kier molecular flexibility index (Phi) is 7.27. The first-order valence-electron chi connectivity index (χ1n) is 9.80. The average molecular weight is 372 g/mol. The van der Waals surface area contributed by atoms with E-state index in [0.29, 0.717) is 13.1 Å². The second kappa shape index (κ2) is 10.1. The van der Waals surface area contributed by atoms with Crippen molar-refractivity contribution in [3.05, 3.63) is 59.8 Å². The highest BCUT2D eigenvalue weighted by Crippen LogP contribution is 2.25. The Morgan fingerprint density at radius 2 is 2.07 bits per heavy atom. The fourth-order valence-corrected chi connectivity index (χ4v) is 3.46. The number of halogens is 1. The molecule has 2 aromatic rings. The SMILES string of the molecule is CCNC(=NCC(c1ccco1)N1CCCC1)NCCc1cccc(F)c1. The van der Waals surface area contributed by atoms with Crippen LogP contribution in [0, 0.1) is 5.82 Å². The number of hydrogen-bond acceptors (Lipinski definition) is 3. The Bertz CT molecular complexity index is 711. The van der Waals surface area contributed by atoms with Gasteiger partial charge in [0.1, 0.15) is 11.6 Å². The monoisotopic (exact) mass is 372 g/mol. The second-order valence-corrected chi connectivity index (χ2v) is 6.80. The number of benzene rings is 1. The molecule has 0 spiro atoms. The molecule has 1 aliphatic heterocycles. The molecule has 1 aromatic carbocycles. The molecule has 0 aliphatic carbocycles. The highest BCUT2D eigenvalue weighted by atomic mass is 19.1. The van der Waals surface area contributed by atoms with E-state index in [-0.39, 0.29) is 11.9 Å². The molecule has 0 radical (unpaired) electrons. The molecule has 0 bridgehead atoms. The summed E-state index contributed by atoms with van der Waals surface area (Å²) < 4.78 is 19.0. The summed E-state index contributed by atoms with van der Waals surface area (Å²) in [6, 6.07) is 10.9. The Hall–Kier alpha value is -2.34. The van der Waals surface area contributed by atoms with Crippen LogP contribution in [0.15, 0.2) is 52.1 Å². The number of rotatable bonds is 8. The van der Waals surface area contributed by atoms with Gasteiger partial charge in [0, 0.05) is 13.1 Å². The molecule has 0 amide bonds. The van der Waals surface area contributed by atoms with Gasteiger partial charge in [-0.2, -0.15) is 0 Å². The lowest BCUT2D eigenvalue weighted by Crippen LogP contribution is -2.39. The minimum absolute atomic E-state index is 0.168. The van der Waals surface area contributed by atoms with Crippen molar-refractivity contribution >= 4 is 5.96 Å². The Labute approximate surface area is 160 Å². The molecule has 3 rings (SSSR count). The lowest BCUT2D eigenvalue weighted by atomic mass is 10.1. The maximum atomic E-state index is 13.3. The summed E-state index contributed by atoms with van der Waals surface area (Å²) >= 11 is 0. The molecule has 1 atom stereocenters. The van der Waals surface area contributed by atoms with Gasteiger partial charge >= 0.3 is 0 Å². The maximum Gasteiger partial charge on any atom is 0.191 e. The third-order valence-corrected chi connectivity index (χ3v) is 4.81. The van der Waals surface area contributed by atoms with E-state index in [1.165, 1.54) is 18.9 Å². The van der Waals surface area contributed by atoms with E-state index in [4.69, 9.17) is 9.41 Å². The molecule has 1 aliphatic rings. The summed E-state index contributed by atoms with van der Waals surface area (Å²) in [5, 5.41) is 6.63. The minimum Gasteiger partial charge on any atom is -0.468 e. The minimum atomic E-state index is -0.194. The molecule has 1 fully saturated rings. The van der Waals surface area contributed by atoms with Crippen LogP contribution >= 0.6 is 0 Å². The van der Waals surface area contributed by atoms with Crippen molar-refractivity contribution in [1.82, 2.24) is 15.5 Å². The van der Waals surface area contributed by atoms with E-state index >= 15 is 0 Å². The molecular weight excluding hydrogens is 343 g/mol. The third-order valence-electron chi connectivity index (χ3n) is 4.81. The van der Waals surface area contributed by atoms with Crippen molar-refractivity contribution in [2.45, 2.75) is 32.2 Å². The molecule has 2 heterocycles. The largest absolute Gasteiger partial charge is 0.468 e. The topological polar surface area (TPSA) is 52.8 Å². The number of aliphatic imine (C=N–C) groups is 1. The zero-order valence-electron chi connectivity index (χ0n) is 16.0. The van der Waals surface area contributed by atoms with Gasteiger partial charge in [-0.05, 0) is 69.1 Å². The van der Waals surface area contributed by atoms with E-state index in [2.05, 4.69) is 15.5 Å². The summed E-state index contributed by atoms with van der Waals surface area (Å²) in [5.41, 5.74) is 0.976. The van der Waals surface area contributed by atoms with Crippen molar-refractivity contribution in [1.29, 1.82) is 0 Å². The summed E-state index contributed by atoms with van der Waals surface area (Å²) in [6.07, 6.45) is 4.93. The van der Waals surface area contributed by atoms with Crippen LogP contribution in [0.2, 0.25) is 0 Å². The van der Waals surface area contributed by atoms with Crippen LogP contribution in [0.3, 0.4) is 0 Å². The molecule has 1 unspecified atom stereocenters. The number of hydrogen-bond donors (Lipinski definition) is 2. The normalized spacial score (nSPS) is 16.4. The predicted octanol–water partition coefficient (Wildman–Crippen LogP) is 3.35. The number of nitrogens with one attached hydrogen (secondary N) is 2. The highest BCUT2D eigenvalue weighted by molar-refractivity contribution is 5.79. The molecule has 1 saturated heterocycles. The number of nitrogens with zero attached hydrogens (tertiary/aromatic N) is 2. The molecule has 6 heteroatoms. The van der Waals surface area contributed by atoms with Crippen molar-refractivity contribution < 1.29 is 8.81 Å². The van der Waals surface area contributed by atoms with Crippen LogP contribution in [0.5, 0.6) is 0 Å². The predicted molar refractivity (Wildman–Crippen MR) is 106 cm³/mol. The van der Waals surface area contributed by atoms with Gasteiger partial charge in [-0.25, -0.2) is 4.39 Å². The van der Waals surface area contributed by atoms with Gasteiger partial charge in [-0.1, -0.05) is 12.1 Å². The van der Waals surface area contributed by atoms with Crippen LogP contribution in [0.1, 0.15) is 37.1 Å². The van der Waals surface area contributed by atoms with Crippen molar-refractivity contribution in [3.63, 3.8) is 0 Å². The Morgan fingerprint density at radius 3 is 2.78 bits per heavy atom. The summed E-state index contributed by atoms with van der Waals surface area (Å²) in [5.74, 6) is 1.56. The number of guanidine groups is 1. The van der Waals surface area contributed by atoms with E-state index < -0.39 is 0 Å². The zero-order valence-corrected chi connectivity index (χ0v) is 16.0.